The number of carbonyl (C=O) groups is 2. The molecule has 26 heavy (non-hydrogen) atoms. The summed E-state index contributed by atoms with van der Waals surface area (Å²) < 4.78 is 31.3. The van der Waals surface area contributed by atoms with Crippen molar-refractivity contribution in [2.75, 3.05) is 20.2 Å². The molecule has 1 heterocycles. The molecule has 2 aromatic rings. The van der Waals surface area contributed by atoms with Gasteiger partial charge in [-0.3, -0.25) is 9.59 Å². The molecule has 0 bridgehead atoms. The van der Waals surface area contributed by atoms with Gasteiger partial charge in [0, 0.05) is 13.1 Å². The van der Waals surface area contributed by atoms with Crippen LogP contribution in [0.5, 0.6) is 5.75 Å². The Morgan fingerprint density at radius 1 is 1.12 bits per heavy atom. The maximum Gasteiger partial charge on any atom is 0.309 e. The predicted molar refractivity (Wildman–Crippen MR) is 98.9 cm³/mol. The highest BCUT2D eigenvalue weighted by Gasteiger charge is 2.31. The van der Waals surface area contributed by atoms with Crippen LogP contribution in [0.1, 0.15) is 17.7 Å². The quantitative estimate of drug-likeness (QED) is 0.691. The maximum absolute atomic E-state index is 13.0. The Balaban J connectivity index is 2.29. The lowest BCUT2D eigenvalue weighted by atomic mass is 10.1. The van der Waals surface area contributed by atoms with E-state index >= 15 is 0 Å². The first-order chi connectivity index (χ1) is 12.4. The average Bonchev–Trinajstić information content (AvgIpc) is 3.18. The first-order valence-corrected chi connectivity index (χ1v) is 10.3. The van der Waals surface area contributed by atoms with Crippen molar-refractivity contribution in [3.63, 3.8) is 0 Å². The highest BCUT2D eigenvalue weighted by atomic mass is 32.2. The summed E-state index contributed by atoms with van der Waals surface area (Å²) in [5, 5.41) is 5.43. The molecular weight excluding hydrogens is 376 g/mol. The van der Waals surface area contributed by atoms with E-state index in [1.807, 2.05) is 0 Å². The molecule has 9 heteroatoms. The summed E-state index contributed by atoms with van der Waals surface area (Å²) in [4.78, 5) is 23.4. The van der Waals surface area contributed by atoms with Crippen molar-refractivity contribution in [3.8, 4) is 5.75 Å². The average molecular weight is 396 g/mol. The van der Waals surface area contributed by atoms with Gasteiger partial charge in [-0.2, -0.15) is 0 Å². The zero-order valence-corrected chi connectivity index (χ0v) is 16.0. The normalized spacial score (nSPS) is 12.2. The van der Waals surface area contributed by atoms with E-state index < -0.39 is 26.9 Å². The van der Waals surface area contributed by atoms with E-state index in [0.29, 0.717) is 17.9 Å². The van der Waals surface area contributed by atoms with Gasteiger partial charge in [0.25, 0.3) is 0 Å². The SMILES string of the molecule is CCNC(=O)C(=O)NC[C@@H](c1ccc(OC)cc1)S(=O)(=O)c1cccs1. The lowest BCUT2D eigenvalue weighted by molar-refractivity contribution is -0.139. The van der Waals surface area contributed by atoms with Crippen molar-refractivity contribution < 1.29 is 22.7 Å². The Morgan fingerprint density at radius 2 is 1.77 bits per heavy atom. The fourth-order valence-electron chi connectivity index (χ4n) is 2.30. The minimum atomic E-state index is -3.73. The van der Waals surface area contributed by atoms with E-state index in [1.165, 1.54) is 13.2 Å². The number of sulfone groups is 1. The van der Waals surface area contributed by atoms with Crippen LogP contribution < -0.4 is 15.4 Å². The van der Waals surface area contributed by atoms with Gasteiger partial charge in [0.05, 0.1) is 7.11 Å². The number of methoxy groups -OCH3 is 1. The van der Waals surface area contributed by atoms with Gasteiger partial charge < -0.3 is 15.4 Å². The minimum absolute atomic E-state index is 0.200. The molecule has 1 aromatic heterocycles. The number of rotatable bonds is 7. The van der Waals surface area contributed by atoms with Gasteiger partial charge in [-0.15, -0.1) is 11.3 Å². The molecule has 140 valence electrons. The molecule has 0 aliphatic heterocycles. The molecule has 2 N–H and O–H groups in total. The Hall–Kier alpha value is -2.39. The smallest absolute Gasteiger partial charge is 0.309 e. The summed E-state index contributed by atoms with van der Waals surface area (Å²) in [6.45, 7) is 1.77. The first-order valence-electron chi connectivity index (χ1n) is 7.87. The van der Waals surface area contributed by atoms with Gasteiger partial charge in [-0.25, -0.2) is 8.42 Å². The molecule has 0 spiro atoms. The van der Waals surface area contributed by atoms with Crippen LogP contribution in [0.4, 0.5) is 0 Å². The van der Waals surface area contributed by atoms with Crippen molar-refractivity contribution >= 4 is 33.0 Å². The molecule has 1 aromatic carbocycles. The predicted octanol–water partition coefficient (Wildman–Crippen LogP) is 1.52. The molecule has 2 amide bonds. The lowest BCUT2D eigenvalue weighted by Gasteiger charge is -2.18. The number of benzene rings is 1. The Labute approximate surface area is 156 Å². The summed E-state index contributed by atoms with van der Waals surface area (Å²) in [5.41, 5.74) is 0.496. The number of ether oxygens (including phenoxy) is 1. The fourth-order valence-corrected chi connectivity index (χ4v) is 5.16. The second-order valence-electron chi connectivity index (χ2n) is 5.31. The van der Waals surface area contributed by atoms with E-state index in [1.54, 1.807) is 42.6 Å². The van der Waals surface area contributed by atoms with Crippen LogP contribution in [0.3, 0.4) is 0 Å². The maximum atomic E-state index is 13.0. The van der Waals surface area contributed by atoms with Crippen molar-refractivity contribution in [1.82, 2.24) is 10.6 Å². The molecule has 2 rings (SSSR count). The number of nitrogens with one attached hydrogen (secondary N) is 2. The number of hydrogen-bond donors (Lipinski definition) is 2. The largest absolute Gasteiger partial charge is 0.497 e. The molecule has 0 radical (unpaired) electrons. The number of carbonyl (C=O) groups excluding carboxylic acids is 2. The highest BCUT2D eigenvalue weighted by Crippen LogP contribution is 2.32. The first kappa shape index (κ1) is 19.9. The van der Waals surface area contributed by atoms with Gasteiger partial charge in [0.2, 0.25) is 0 Å². The second kappa shape index (κ2) is 8.81. The second-order valence-corrected chi connectivity index (χ2v) is 8.61. The third-order valence-electron chi connectivity index (χ3n) is 3.63. The topological polar surface area (TPSA) is 102 Å². The highest BCUT2D eigenvalue weighted by molar-refractivity contribution is 7.93. The van der Waals surface area contributed by atoms with E-state index in [9.17, 15) is 18.0 Å². The molecule has 0 aliphatic rings. The lowest BCUT2D eigenvalue weighted by Crippen LogP contribution is -2.42. The number of amides is 2. The summed E-state index contributed by atoms with van der Waals surface area (Å²) >= 11 is 1.10. The van der Waals surface area contributed by atoms with Crippen LogP contribution in [0.25, 0.3) is 0 Å². The number of hydrogen-bond acceptors (Lipinski definition) is 6. The van der Waals surface area contributed by atoms with Crippen molar-refractivity contribution in [3.05, 3.63) is 47.3 Å². The summed E-state index contributed by atoms with van der Waals surface area (Å²) in [6, 6.07) is 9.73. The summed E-state index contributed by atoms with van der Waals surface area (Å²) in [7, 11) is -2.22. The summed E-state index contributed by atoms with van der Waals surface area (Å²) in [6.07, 6.45) is 0. The standard InChI is InChI=1S/C17H20N2O5S2/c1-3-18-16(20)17(21)19-11-14(12-6-8-13(24-2)9-7-12)26(22,23)15-5-4-10-25-15/h4-10,14H,3,11H2,1-2H3,(H,18,20)(H,19,21)/t14-/m0/s1. The van der Waals surface area contributed by atoms with Gasteiger partial charge >= 0.3 is 11.8 Å². The molecule has 0 unspecified atom stereocenters. The zero-order chi connectivity index (χ0) is 19.2. The third kappa shape index (κ3) is 4.61. The Morgan fingerprint density at radius 3 is 2.31 bits per heavy atom. The van der Waals surface area contributed by atoms with Gasteiger partial charge in [-0.1, -0.05) is 18.2 Å². The Bertz CT molecular complexity index is 846. The Kier molecular flexibility index (Phi) is 6.76. The molecule has 0 fully saturated rings. The zero-order valence-electron chi connectivity index (χ0n) is 14.4. The van der Waals surface area contributed by atoms with Gasteiger partial charge in [0.15, 0.2) is 9.84 Å². The third-order valence-corrected chi connectivity index (χ3v) is 7.16. The van der Waals surface area contributed by atoms with E-state index in [0.717, 1.165) is 11.3 Å². The van der Waals surface area contributed by atoms with Crippen LogP contribution >= 0.6 is 11.3 Å². The van der Waals surface area contributed by atoms with E-state index in [-0.39, 0.29) is 10.8 Å². The van der Waals surface area contributed by atoms with E-state index in [4.69, 9.17) is 4.74 Å². The van der Waals surface area contributed by atoms with Crippen LogP contribution in [0, 0.1) is 0 Å². The van der Waals surface area contributed by atoms with Crippen LogP contribution in [-0.2, 0) is 19.4 Å². The summed E-state index contributed by atoms with van der Waals surface area (Å²) in [5.74, 6) is -1.08. The molecule has 1 atom stereocenters. The fraction of sp³-hybridized carbons (Fsp3) is 0.294. The molecule has 7 nitrogen and oxygen atoms in total. The number of thiophene rings is 1. The molecular formula is C17H20N2O5S2. The molecule has 0 aliphatic carbocycles. The van der Waals surface area contributed by atoms with Crippen LogP contribution in [0.2, 0.25) is 0 Å². The van der Waals surface area contributed by atoms with Crippen LogP contribution in [-0.4, -0.2) is 40.4 Å². The van der Waals surface area contributed by atoms with Gasteiger partial charge in [-0.05, 0) is 36.1 Å². The van der Waals surface area contributed by atoms with Gasteiger partial charge in [0.1, 0.15) is 15.2 Å². The van der Waals surface area contributed by atoms with Crippen LogP contribution in [0.15, 0.2) is 46.0 Å². The number of likely N-dealkylation sites (N-methyl/N-ethyl adjacent to an activating group) is 1. The monoisotopic (exact) mass is 396 g/mol. The minimum Gasteiger partial charge on any atom is -0.497 e. The van der Waals surface area contributed by atoms with Crippen molar-refractivity contribution in [1.29, 1.82) is 0 Å². The molecule has 0 saturated heterocycles. The van der Waals surface area contributed by atoms with Crippen molar-refractivity contribution in [2.24, 2.45) is 0 Å². The van der Waals surface area contributed by atoms with E-state index in [2.05, 4.69) is 10.6 Å². The van der Waals surface area contributed by atoms with Crippen molar-refractivity contribution in [2.45, 2.75) is 16.4 Å². The molecule has 0 saturated carbocycles.